The summed E-state index contributed by atoms with van der Waals surface area (Å²) in [4.78, 5) is 8.65. The second-order valence-corrected chi connectivity index (χ2v) is 2.20. The molecule has 3 heteroatoms. The number of benzene rings is 1. The first-order chi connectivity index (χ1) is 5.13. The Kier molecular flexibility index (Phi) is 5.21. The summed E-state index contributed by atoms with van der Waals surface area (Å²) in [6, 6.07) is 10.3. The maximum Gasteiger partial charge on any atom is 0.134 e. The predicted octanol–water partition coefficient (Wildman–Crippen LogP) is 1.56. The Morgan fingerprint density at radius 3 is 1.91 bits per heavy atom. The first kappa shape index (κ1) is 9.98. The van der Waals surface area contributed by atoms with Gasteiger partial charge < -0.3 is 9.90 Å². The topological polar surface area (TPSA) is 40.1 Å². The van der Waals surface area contributed by atoms with Crippen LogP contribution in [-0.2, 0) is 0 Å². The zero-order chi connectivity index (χ0) is 8.69. The van der Waals surface area contributed by atoms with Crippen LogP contribution >= 0.6 is 11.6 Å². The van der Waals surface area contributed by atoms with Gasteiger partial charge >= 0.3 is 0 Å². The van der Waals surface area contributed by atoms with Gasteiger partial charge in [-0.25, -0.2) is 0 Å². The van der Waals surface area contributed by atoms with Crippen molar-refractivity contribution in [2.45, 2.75) is 6.92 Å². The molecule has 0 unspecified atom stereocenters. The van der Waals surface area contributed by atoms with Crippen LogP contribution in [-0.4, -0.2) is 5.43 Å². The fraction of sp³-hybridized carbons (Fsp3) is 0.125. The second-order valence-electron chi connectivity index (χ2n) is 1.89. The molecule has 0 aliphatic heterocycles. The maximum absolute atomic E-state index is 8.65. The lowest BCUT2D eigenvalue weighted by molar-refractivity contribution is -0.233. The van der Waals surface area contributed by atoms with E-state index in [4.69, 9.17) is 9.90 Å². The molecule has 0 fully saturated rings. The van der Waals surface area contributed by atoms with Gasteiger partial charge in [0.25, 0.3) is 0 Å². The number of carbonyl (C=O) groups is 1. The van der Waals surface area contributed by atoms with Crippen molar-refractivity contribution in [1.82, 2.24) is 0 Å². The molecule has 0 atom stereocenters. The average molecular weight is 172 g/mol. The molecule has 0 saturated heterocycles. The number of aryl methyl sites for hydroxylation is 1. The van der Waals surface area contributed by atoms with Gasteiger partial charge in [-0.05, 0) is 6.92 Å². The number of rotatable bonds is 0. The van der Waals surface area contributed by atoms with Crippen LogP contribution in [0.25, 0.3) is 0 Å². The summed E-state index contributed by atoms with van der Waals surface area (Å²) in [6.07, 6.45) is 0. The minimum Gasteiger partial charge on any atom is -0.534 e. The van der Waals surface area contributed by atoms with Gasteiger partial charge in [0, 0.05) is 0 Å². The van der Waals surface area contributed by atoms with E-state index in [0.717, 1.165) is 0 Å². The number of hydrogen-bond donors (Lipinski definition) is 0. The molecule has 0 aliphatic carbocycles. The Labute approximate surface area is 70.4 Å². The summed E-state index contributed by atoms with van der Waals surface area (Å²) in [5.74, 6) is 0. The van der Waals surface area contributed by atoms with Gasteiger partial charge in [0.2, 0.25) is 0 Å². The molecule has 1 aromatic rings. The van der Waals surface area contributed by atoms with Crippen LogP contribution in [0.2, 0.25) is 0 Å². The highest BCUT2D eigenvalue weighted by atomic mass is 35.5. The van der Waals surface area contributed by atoms with Crippen LogP contribution in [0.3, 0.4) is 0 Å². The molecule has 11 heavy (non-hydrogen) atoms. The predicted molar refractivity (Wildman–Crippen MR) is 42.4 cm³/mol. The zero-order valence-corrected chi connectivity index (χ0v) is 6.84. The average Bonchev–Trinajstić information content (AvgIpc) is 1.87. The minimum atomic E-state index is -1.61. The fourth-order valence-electron chi connectivity index (χ4n) is 0.534. The van der Waals surface area contributed by atoms with Crippen molar-refractivity contribution in [1.29, 1.82) is 0 Å². The van der Waals surface area contributed by atoms with Crippen molar-refractivity contribution < 1.29 is 9.90 Å². The van der Waals surface area contributed by atoms with E-state index in [1.165, 1.54) is 5.56 Å². The van der Waals surface area contributed by atoms with Gasteiger partial charge in [-0.3, -0.25) is 0 Å². The first-order valence-electron chi connectivity index (χ1n) is 3.01. The van der Waals surface area contributed by atoms with Gasteiger partial charge in [0.1, 0.15) is 5.43 Å². The molecular formula is C8H8ClO2-. The second kappa shape index (κ2) is 5.74. The SMILES string of the molecule is Cc1ccccc1.O=C([O-])Cl. The number of hydrogen-bond acceptors (Lipinski definition) is 2. The standard InChI is InChI=1S/C7H8.CHClO2/c1-7-5-3-2-4-6-7;2-1(3)4/h2-6H,1H3;(H,3,4)/p-1. The van der Waals surface area contributed by atoms with E-state index in [-0.39, 0.29) is 0 Å². The molecule has 0 saturated carbocycles. The van der Waals surface area contributed by atoms with E-state index < -0.39 is 5.43 Å². The van der Waals surface area contributed by atoms with E-state index in [1.54, 1.807) is 0 Å². The summed E-state index contributed by atoms with van der Waals surface area (Å²) in [6.45, 7) is 2.08. The van der Waals surface area contributed by atoms with Crippen LogP contribution in [0.5, 0.6) is 0 Å². The van der Waals surface area contributed by atoms with Crippen molar-refractivity contribution in [2.75, 3.05) is 0 Å². The molecule has 0 amide bonds. The van der Waals surface area contributed by atoms with Crippen molar-refractivity contribution in [3.63, 3.8) is 0 Å². The molecular weight excluding hydrogens is 164 g/mol. The van der Waals surface area contributed by atoms with Crippen molar-refractivity contribution in [3.05, 3.63) is 35.9 Å². The van der Waals surface area contributed by atoms with Gasteiger partial charge in [0.05, 0.1) is 0 Å². The van der Waals surface area contributed by atoms with E-state index in [2.05, 4.69) is 30.7 Å². The largest absolute Gasteiger partial charge is 0.534 e. The molecule has 2 nitrogen and oxygen atoms in total. The molecule has 60 valence electrons. The van der Waals surface area contributed by atoms with Gasteiger partial charge in [-0.15, -0.1) is 0 Å². The Morgan fingerprint density at radius 1 is 1.36 bits per heavy atom. The fourth-order valence-corrected chi connectivity index (χ4v) is 0.534. The Morgan fingerprint density at radius 2 is 1.73 bits per heavy atom. The lowest BCUT2D eigenvalue weighted by Gasteiger charge is -1.82. The summed E-state index contributed by atoms with van der Waals surface area (Å²) in [5, 5.41) is 8.65. The van der Waals surface area contributed by atoms with Crippen molar-refractivity contribution >= 4 is 17.0 Å². The molecule has 1 aromatic carbocycles. The number of halogens is 1. The first-order valence-corrected chi connectivity index (χ1v) is 3.39. The third-order valence-corrected chi connectivity index (χ3v) is 0.940. The van der Waals surface area contributed by atoms with Gasteiger partial charge in [-0.2, -0.15) is 0 Å². The minimum absolute atomic E-state index is 1.32. The Bertz CT molecular complexity index is 205. The van der Waals surface area contributed by atoms with Crippen molar-refractivity contribution in [3.8, 4) is 0 Å². The van der Waals surface area contributed by atoms with E-state index in [9.17, 15) is 0 Å². The lowest BCUT2D eigenvalue weighted by atomic mass is 10.2. The number of carboxylic acid groups (broad SMARTS) is 1. The van der Waals surface area contributed by atoms with Crippen LogP contribution < -0.4 is 5.11 Å². The molecule has 0 radical (unpaired) electrons. The quantitative estimate of drug-likeness (QED) is 0.556. The van der Waals surface area contributed by atoms with Crippen molar-refractivity contribution in [2.24, 2.45) is 0 Å². The highest BCUT2D eigenvalue weighted by molar-refractivity contribution is 6.59. The van der Waals surface area contributed by atoms with E-state index >= 15 is 0 Å². The van der Waals surface area contributed by atoms with Gasteiger partial charge in [0.15, 0.2) is 0 Å². The zero-order valence-electron chi connectivity index (χ0n) is 6.08. The monoisotopic (exact) mass is 171 g/mol. The maximum atomic E-state index is 8.65. The molecule has 0 N–H and O–H groups in total. The molecule has 1 rings (SSSR count). The van der Waals surface area contributed by atoms with E-state index in [1.807, 2.05) is 18.2 Å². The summed E-state index contributed by atoms with van der Waals surface area (Å²) in [7, 11) is 0. The molecule has 0 spiro atoms. The Balaban J connectivity index is 0.000000218. The van der Waals surface area contributed by atoms with Crippen LogP contribution in [0.1, 0.15) is 5.56 Å². The van der Waals surface area contributed by atoms with E-state index in [0.29, 0.717) is 0 Å². The normalized spacial score (nSPS) is 7.82. The molecule has 0 bridgehead atoms. The summed E-state index contributed by atoms with van der Waals surface area (Å²) < 4.78 is 0. The van der Waals surface area contributed by atoms with Crippen LogP contribution in [0.4, 0.5) is 4.79 Å². The molecule has 0 aliphatic rings. The molecule has 0 heterocycles. The highest BCUT2D eigenvalue weighted by Gasteiger charge is 1.72. The van der Waals surface area contributed by atoms with Crippen LogP contribution in [0.15, 0.2) is 30.3 Å². The van der Waals surface area contributed by atoms with Gasteiger partial charge in [-0.1, -0.05) is 47.5 Å². The lowest BCUT2D eigenvalue weighted by Crippen LogP contribution is -2.11. The summed E-state index contributed by atoms with van der Waals surface area (Å²) >= 11 is 4.08. The third kappa shape index (κ3) is 8.98. The van der Waals surface area contributed by atoms with Crippen LogP contribution in [0, 0.1) is 6.92 Å². The summed E-state index contributed by atoms with van der Waals surface area (Å²) in [5.41, 5.74) is -0.289. The smallest absolute Gasteiger partial charge is 0.134 e. The third-order valence-electron chi connectivity index (χ3n) is 0.940. The number of carbonyl (C=O) groups excluding carboxylic acids is 1. The highest BCUT2D eigenvalue weighted by Crippen LogP contribution is 1.92. The Hall–Kier alpha value is -1.02. The molecule has 0 aromatic heterocycles.